The topological polar surface area (TPSA) is 129 Å². The molecule has 0 fully saturated rings. The predicted molar refractivity (Wildman–Crippen MR) is 175 cm³/mol. The third kappa shape index (κ3) is 8.03. The number of ether oxygens (including phenoxy) is 2. The maximum absolute atomic E-state index is 14.4. The van der Waals surface area contributed by atoms with Gasteiger partial charge in [0.25, 0.3) is 5.91 Å². The summed E-state index contributed by atoms with van der Waals surface area (Å²) in [5.74, 6) is 0.101. The molecule has 1 heterocycles. The van der Waals surface area contributed by atoms with Crippen molar-refractivity contribution in [2.24, 2.45) is 10.1 Å². The van der Waals surface area contributed by atoms with E-state index in [1.165, 1.54) is 12.1 Å². The van der Waals surface area contributed by atoms with Crippen molar-refractivity contribution in [3.8, 4) is 5.75 Å². The summed E-state index contributed by atoms with van der Waals surface area (Å²) in [6.45, 7) is 0.120. The maximum atomic E-state index is 14.4. The van der Waals surface area contributed by atoms with Gasteiger partial charge in [0.2, 0.25) is 5.90 Å². The zero-order valence-corrected chi connectivity index (χ0v) is 25.7. The molecule has 4 aromatic rings. The van der Waals surface area contributed by atoms with Gasteiger partial charge < -0.3 is 19.9 Å². The van der Waals surface area contributed by atoms with Gasteiger partial charge in [0.05, 0.1) is 12.2 Å². The van der Waals surface area contributed by atoms with E-state index in [-0.39, 0.29) is 36.7 Å². The average molecular weight is 656 g/mol. The first-order valence-corrected chi connectivity index (χ1v) is 15.1. The number of nitrogens with one attached hydrogen (secondary N) is 1. The Balaban J connectivity index is 1.57. The highest BCUT2D eigenvalue weighted by Gasteiger charge is 2.53. The molecule has 1 amide bonds. The van der Waals surface area contributed by atoms with E-state index in [2.05, 4.69) is 15.3 Å². The summed E-state index contributed by atoms with van der Waals surface area (Å²) in [5.41, 5.74) is 9.11. The van der Waals surface area contributed by atoms with E-state index in [1.54, 1.807) is 54.6 Å². The zero-order chi connectivity index (χ0) is 34.0. The van der Waals surface area contributed by atoms with E-state index in [4.69, 9.17) is 19.6 Å². The number of hydrogen-bond acceptors (Lipinski definition) is 6. The molecule has 4 aromatic carbocycles. The molecule has 0 unspecified atom stereocenters. The van der Waals surface area contributed by atoms with Gasteiger partial charge in [-0.3, -0.25) is 4.79 Å². The molecule has 9 nitrogen and oxygen atoms in total. The van der Waals surface area contributed by atoms with Crippen molar-refractivity contribution in [1.82, 2.24) is 5.32 Å². The molecule has 2 atom stereocenters. The van der Waals surface area contributed by atoms with E-state index in [9.17, 15) is 23.5 Å². The predicted octanol–water partition coefficient (Wildman–Crippen LogP) is 8.09. The Morgan fingerprint density at radius 2 is 1.79 bits per heavy atom. The molecule has 0 saturated carbocycles. The van der Waals surface area contributed by atoms with Crippen molar-refractivity contribution in [2.45, 2.75) is 37.2 Å². The maximum Gasteiger partial charge on any atom is 0.416 e. The number of azide groups is 1. The number of aliphatic imine (C=N–C) groups is 1. The standard InChI is InChI=1S/C36H32F3N5O4/c37-36(38,39)28-13-6-11-26(23-28)24-41-34(46)35(20-7-12-25-9-2-1-3-10-25)32(30-14-4-5-15-31(30)43-44-40)48-33(42-35)27-16-18-29(19-17-27)47-22-8-21-45/h1-7,9-19,23,32,45H,8,20-22,24H2,(H,41,46)/b12-7+/t32-,35-/m1/s1. The number of amides is 1. The second-order valence-corrected chi connectivity index (χ2v) is 10.9. The Kier molecular flexibility index (Phi) is 10.8. The first-order valence-electron chi connectivity index (χ1n) is 15.1. The van der Waals surface area contributed by atoms with Gasteiger partial charge in [0, 0.05) is 47.7 Å². The molecule has 12 heteroatoms. The number of alkyl halides is 3. The van der Waals surface area contributed by atoms with Crippen molar-refractivity contribution >= 4 is 23.6 Å². The highest BCUT2D eigenvalue weighted by atomic mass is 19.4. The highest BCUT2D eigenvalue weighted by molar-refractivity contribution is 6.01. The van der Waals surface area contributed by atoms with Crippen molar-refractivity contribution in [2.75, 3.05) is 13.2 Å². The zero-order valence-electron chi connectivity index (χ0n) is 25.7. The molecule has 0 aromatic heterocycles. The molecule has 0 spiro atoms. The van der Waals surface area contributed by atoms with E-state index < -0.39 is 29.3 Å². The minimum absolute atomic E-state index is 0.00192. The third-order valence-electron chi connectivity index (χ3n) is 7.65. The SMILES string of the molecule is [N-]=[N+]=Nc1ccccc1[C@H]1OC(c2ccc(OCCCO)cc2)=N[C@@]1(C/C=C/c1ccccc1)C(=O)NCc1cccc(C(F)(F)F)c1. The quantitative estimate of drug-likeness (QED) is 0.0653. The third-order valence-corrected chi connectivity index (χ3v) is 7.65. The van der Waals surface area contributed by atoms with Crippen molar-refractivity contribution in [3.63, 3.8) is 0 Å². The van der Waals surface area contributed by atoms with Gasteiger partial charge in [-0.1, -0.05) is 84.0 Å². The van der Waals surface area contributed by atoms with E-state index >= 15 is 0 Å². The van der Waals surface area contributed by atoms with E-state index in [0.717, 1.165) is 17.7 Å². The fourth-order valence-corrected chi connectivity index (χ4v) is 5.27. The monoisotopic (exact) mass is 655 g/mol. The van der Waals surface area contributed by atoms with Crippen LogP contribution in [0.15, 0.2) is 119 Å². The molecule has 1 aliphatic rings. The summed E-state index contributed by atoms with van der Waals surface area (Å²) in [6.07, 6.45) is -1.51. The summed E-state index contributed by atoms with van der Waals surface area (Å²) in [4.78, 5) is 22.2. The lowest BCUT2D eigenvalue weighted by Gasteiger charge is -2.30. The number of nitrogens with zero attached hydrogens (tertiary/aromatic N) is 4. The van der Waals surface area contributed by atoms with Gasteiger partial charge in [-0.15, -0.1) is 0 Å². The minimum atomic E-state index is -4.54. The molecular weight excluding hydrogens is 623 g/mol. The van der Waals surface area contributed by atoms with Crippen LogP contribution in [0.25, 0.3) is 16.5 Å². The van der Waals surface area contributed by atoms with Gasteiger partial charge in [-0.25, -0.2) is 4.99 Å². The van der Waals surface area contributed by atoms with Gasteiger partial charge >= 0.3 is 6.18 Å². The number of hydrogen-bond donors (Lipinski definition) is 2. The fraction of sp³-hybridized carbons (Fsp3) is 0.222. The Morgan fingerprint density at radius 3 is 2.52 bits per heavy atom. The van der Waals surface area contributed by atoms with Crippen LogP contribution < -0.4 is 10.1 Å². The van der Waals surface area contributed by atoms with Crippen LogP contribution >= 0.6 is 0 Å². The van der Waals surface area contributed by atoms with Crippen LogP contribution in [-0.4, -0.2) is 35.7 Å². The molecular formula is C36H32F3N5O4. The number of benzene rings is 4. The lowest BCUT2D eigenvalue weighted by Crippen LogP contribution is -2.47. The summed E-state index contributed by atoms with van der Waals surface area (Å²) in [5, 5.41) is 15.7. The largest absolute Gasteiger partial charge is 0.494 e. The number of aliphatic hydroxyl groups excluding tert-OH is 1. The summed E-state index contributed by atoms with van der Waals surface area (Å²) >= 11 is 0. The average Bonchev–Trinajstić information content (AvgIpc) is 3.49. The highest BCUT2D eigenvalue weighted by Crippen LogP contribution is 2.46. The van der Waals surface area contributed by atoms with Crippen LogP contribution in [0.3, 0.4) is 0 Å². The summed E-state index contributed by atoms with van der Waals surface area (Å²) < 4.78 is 52.4. The summed E-state index contributed by atoms with van der Waals surface area (Å²) in [7, 11) is 0. The number of halogens is 3. The normalized spacial score (nSPS) is 17.3. The number of carbonyl (C=O) groups excluding carboxylic acids is 1. The van der Waals surface area contributed by atoms with Gasteiger partial charge in [-0.05, 0) is 53.1 Å². The number of carbonyl (C=O) groups is 1. The van der Waals surface area contributed by atoms with Gasteiger partial charge in [0.1, 0.15) is 5.75 Å². The van der Waals surface area contributed by atoms with Crippen molar-refractivity contribution in [1.29, 1.82) is 0 Å². The molecule has 0 aliphatic carbocycles. The number of rotatable bonds is 13. The second kappa shape index (κ2) is 15.3. The molecule has 1 aliphatic heterocycles. The minimum Gasteiger partial charge on any atom is -0.494 e. The lowest BCUT2D eigenvalue weighted by atomic mass is 9.83. The van der Waals surface area contributed by atoms with Crippen molar-refractivity contribution in [3.05, 3.63) is 147 Å². The fourth-order valence-electron chi connectivity index (χ4n) is 5.27. The van der Waals surface area contributed by atoms with Gasteiger partial charge in [0.15, 0.2) is 11.6 Å². The lowest BCUT2D eigenvalue weighted by molar-refractivity contribution is -0.137. The van der Waals surface area contributed by atoms with Gasteiger partial charge in [-0.2, -0.15) is 13.2 Å². The van der Waals surface area contributed by atoms with Crippen LogP contribution in [0, 0.1) is 0 Å². The second-order valence-electron chi connectivity index (χ2n) is 10.9. The molecule has 48 heavy (non-hydrogen) atoms. The first-order chi connectivity index (χ1) is 23.2. The van der Waals surface area contributed by atoms with Crippen LogP contribution in [0.4, 0.5) is 18.9 Å². The Hall–Kier alpha value is -5.58. The molecule has 0 saturated heterocycles. The molecule has 5 rings (SSSR count). The molecule has 246 valence electrons. The van der Waals surface area contributed by atoms with E-state index in [1.807, 2.05) is 36.4 Å². The first kappa shape index (κ1) is 33.8. The van der Waals surface area contributed by atoms with Crippen LogP contribution in [0.2, 0.25) is 0 Å². The Bertz CT molecular complexity index is 1820. The van der Waals surface area contributed by atoms with E-state index in [0.29, 0.717) is 29.9 Å². The van der Waals surface area contributed by atoms with Crippen LogP contribution in [0.5, 0.6) is 5.75 Å². The Morgan fingerprint density at radius 1 is 1.04 bits per heavy atom. The van der Waals surface area contributed by atoms with Crippen molar-refractivity contribution < 1.29 is 32.5 Å². The summed E-state index contributed by atoms with van der Waals surface area (Å²) in [6, 6.07) is 27.7. The Labute approximate surface area is 275 Å². The molecule has 2 N–H and O–H groups in total. The molecule has 0 radical (unpaired) electrons. The van der Waals surface area contributed by atoms with Crippen LogP contribution in [0.1, 0.15) is 46.8 Å². The molecule has 0 bridgehead atoms. The van der Waals surface area contributed by atoms with Crippen LogP contribution in [-0.2, 0) is 22.3 Å². The number of aliphatic hydroxyl groups is 1. The smallest absolute Gasteiger partial charge is 0.416 e.